The lowest BCUT2D eigenvalue weighted by atomic mass is 10.0. The fraction of sp³-hybridized carbons (Fsp3) is 0.406. The largest absolute Gasteiger partial charge is 0.497 e. The van der Waals surface area contributed by atoms with Gasteiger partial charge in [-0.15, -0.1) is 0 Å². The quantitative estimate of drug-likeness (QED) is 0.140. The van der Waals surface area contributed by atoms with Crippen LogP contribution >= 0.6 is 11.8 Å². The topological polar surface area (TPSA) is 138 Å². The van der Waals surface area contributed by atoms with Gasteiger partial charge in [0.25, 0.3) is 17.7 Å². The molecule has 0 saturated carbocycles. The number of aromatic nitrogens is 1. The maximum Gasteiger partial charge on any atom is 0.261 e. The molecule has 0 fully saturated rings. The van der Waals surface area contributed by atoms with Crippen LogP contribution in [-0.2, 0) is 20.8 Å². The van der Waals surface area contributed by atoms with E-state index in [1.54, 1.807) is 31.4 Å². The van der Waals surface area contributed by atoms with Gasteiger partial charge in [0.1, 0.15) is 5.75 Å². The summed E-state index contributed by atoms with van der Waals surface area (Å²) in [5.74, 6) is -0.714. The minimum atomic E-state index is -1.47. The van der Waals surface area contributed by atoms with E-state index < -0.39 is 10.8 Å². The molecule has 2 aromatic carbocycles. The van der Waals surface area contributed by atoms with Crippen molar-refractivity contribution in [3.05, 3.63) is 65.4 Å². The number of carbonyl (C=O) groups excluding carboxylic acids is 5. The normalized spacial score (nSPS) is 14.1. The number of hydrogen-bond acceptors (Lipinski definition) is 7. The highest BCUT2D eigenvalue weighted by Gasteiger charge is 2.42. The average molecular weight is 607 g/mol. The minimum Gasteiger partial charge on any atom is -0.497 e. The van der Waals surface area contributed by atoms with E-state index >= 15 is 0 Å². The molecule has 3 N–H and O–H groups in total. The molecular formula is C32H38N4O6S. The van der Waals surface area contributed by atoms with Gasteiger partial charge in [0, 0.05) is 49.6 Å². The van der Waals surface area contributed by atoms with E-state index in [2.05, 4.69) is 15.6 Å². The lowest BCUT2D eigenvalue weighted by Crippen LogP contribution is -2.58. The number of methoxy groups -OCH3 is 1. The van der Waals surface area contributed by atoms with Gasteiger partial charge >= 0.3 is 0 Å². The van der Waals surface area contributed by atoms with Crippen LogP contribution in [0.1, 0.15) is 72.7 Å². The molecule has 1 aliphatic rings. The number of H-pyrrole nitrogens is 1. The van der Waals surface area contributed by atoms with E-state index in [0.29, 0.717) is 36.9 Å². The lowest BCUT2D eigenvalue weighted by Gasteiger charge is -2.33. The molecule has 0 aliphatic carbocycles. The number of unbranched alkanes of at least 4 members (excludes halogenated alkanes) is 1. The van der Waals surface area contributed by atoms with Gasteiger partial charge in [-0.1, -0.05) is 37.7 Å². The van der Waals surface area contributed by atoms with Crippen LogP contribution in [0.5, 0.6) is 5.75 Å². The second-order valence-corrected chi connectivity index (χ2v) is 12.5. The van der Waals surface area contributed by atoms with Crippen molar-refractivity contribution < 1.29 is 28.7 Å². The van der Waals surface area contributed by atoms with Gasteiger partial charge in [-0.3, -0.25) is 28.9 Å². The van der Waals surface area contributed by atoms with Crippen molar-refractivity contribution in [1.82, 2.24) is 20.5 Å². The maximum absolute atomic E-state index is 13.6. The summed E-state index contributed by atoms with van der Waals surface area (Å²) in [5, 5.41) is 6.54. The summed E-state index contributed by atoms with van der Waals surface area (Å²) in [6, 6.07) is 12.5. The van der Waals surface area contributed by atoms with Gasteiger partial charge in [-0.25, -0.2) is 0 Å². The molecule has 0 spiro atoms. The SMILES string of the molecule is COc1ccc2c(CCNC(=O)[C@](CC(C)C)(NC(=O)CCCCN3C(=O)c4ccccc4C3=O)SC(C)=O)c[nH]c2c1. The van der Waals surface area contributed by atoms with E-state index in [1.165, 1.54) is 11.8 Å². The minimum absolute atomic E-state index is 0.00956. The van der Waals surface area contributed by atoms with Gasteiger partial charge in [-0.2, -0.15) is 0 Å². The highest BCUT2D eigenvalue weighted by atomic mass is 32.2. The molecule has 228 valence electrons. The van der Waals surface area contributed by atoms with Gasteiger partial charge < -0.3 is 20.4 Å². The van der Waals surface area contributed by atoms with E-state index in [-0.39, 0.29) is 48.1 Å². The molecule has 0 unspecified atom stereocenters. The van der Waals surface area contributed by atoms with Crippen LogP contribution in [0, 0.1) is 5.92 Å². The standard InChI is InChI=1S/C32H38N4O6S/c1-20(2)18-32(43-21(3)37,31(41)33-15-14-22-19-34-27-17-23(42-4)12-13-24(22)27)35-28(38)11-7-8-16-36-29(39)25-9-5-6-10-26(25)30(36)40/h5-6,9-10,12-13,17,19-20,34H,7-8,11,14-16,18H2,1-4H3,(H,33,41)(H,35,38)/t32-/m1/s1. The van der Waals surface area contributed by atoms with Crippen molar-refractivity contribution in [2.75, 3.05) is 20.2 Å². The summed E-state index contributed by atoms with van der Waals surface area (Å²) in [5.41, 5.74) is 2.73. The van der Waals surface area contributed by atoms with E-state index in [9.17, 15) is 24.0 Å². The van der Waals surface area contributed by atoms with E-state index in [4.69, 9.17) is 4.74 Å². The molecule has 4 amide bonds. The zero-order chi connectivity index (χ0) is 31.1. The Bertz CT molecular complexity index is 1500. The summed E-state index contributed by atoms with van der Waals surface area (Å²) < 4.78 is 5.28. The molecule has 0 bridgehead atoms. The number of thioether (sulfide) groups is 1. The number of nitrogens with zero attached hydrogens (tertiary/aromatic N) is 1. The second-order valence-electron chi connectivity index (χ2n) is 11.1. The Labute approximate surface area is 255 Å². The fourth-order valence-electron chi connectivity index (χ4n) is 5.37. The number of fused-ring (bicyclic) bond motifs is 2. The van der Waals surface area contributed by atoms with Crippen molar-refractivity contribution in [3.63, 3.8) is 0 Å². The van der Waals surface area contributed by atoms with Crippen LogP contribution in [0.3, 0.4) is 0 Å². The molecule has 0 saturated heterocycles. The summed E-state index contributed by atoms with van der Waals surface area (Å²) in [6.45, 7) is 5.74. The first-order chi connectivity index (χ1) is 20.5. The van der Waals surface area contributed by atoms with Crippen LogP contribution in [-0.4, -0.2) is 63.7 Å². The first-order valence-corrected chi connectivity index (χ1v) is 15.2. The van der Waals surface area contributed by atoms with Crippen LogP contribution in [0.25, 0.3) is 10.9 Å². The number of hydrogen-bond donors (Lipinski definition) is 3. The van der Waals surface area contributed by atoms with Crippen molar-refractivity contribution in [1.29, 1.82) is 0 Å². The second kappa shape index (κ2) is 13.9. The number of carbonyl (C=O) groups is 5. The molecule has 2 heterocycles. The summed E-state index contributed by atoms with van der Waals surface area (Å²) in [7, 11) is 1.61. The Balaban J connectivity index is 1.35. The smallest absolute Gasteiger partial charge is 0.261 e. The maximum atomic E-state index is 13.6. The molecular weight excluding hydrogens is 568 g/mol. The number of amides is 4. The molecule has 43 heavy (non-hydrogen) atoms. The Kier molecular flexibility index (Phi) is 10.3. The number of benzene rings is 2. The zero-order valence-corrected chi connectivity index (χ0v) is 25.8. The van der Waals surface area contributed by atoms with Gasteiger partial charge in [0.05, 0.1) is 18.2 Å². The highest BCUT2D eigenvalue weighted by molar-refractivity contribution is 8.15. The van der Waals surface area contributed by atoms with Gasteiger partial charge in [0.2, 0.25) is 5.91 Å². The third kappa shape index (κ3) is 7.45. The number of ether oxygens (including phenoxy) is 1. The van der Waals surface area contributed by atoms with Crippen molar-refractivity contribution in [3.8, 4) is 5.75 Å². The van der Waals surface area contributed by atoms with E-state index in [1.807, 2.05) is 38.2 Å². The highest BCUT2D eigenvalue weighted by Crippen LogP contribution is 2.32. The van der Waals surface area contributed by atoms with Crippen LogP contribution in [0.15, 0.2) is 48.7 Å². The molecule has 4 rings (SSSR count). The molecule has 1 atom stereocenters. The monoisotopic (exact) mass is 606 g/mol. The first kappa shape index (κ1) is 31.8. The summed E-state index contributed by atoms with van der Waals surface area (Å²) in [6.07, 6.45) is 3.61. The molecule has 0 radical (unpaired) electrons. The molecule has 3 aromatic rings. The molecule has 1 aromatic heterocycles. The van der Waals surface area contributed by atoms with Crippen LogP contribution in [0.2, 0.25) is 0 Å². The number of aromatic amines is 1. The van der Waals surface area contributed by atoms with Gasteiger partial charge in [-0.05, 0) is 61.4 Å². The number of rotatable bonds is 14. The number of imide groups is 1. The third-order valence-electron chi connectivity index (χ3n) is 7.29. The number of nitrogens with one attached hydrogen (secondary N) is 3. The van der Waals surface area contributed by atoms with Crippen LogP contribution in [0.4, 0.5) is 0 Å². The van der Waals surface area contributed by atoms with Crippen molar-refractivity contribution in [2.24, 2.45) is 5.92 Å². The summed E-state index contributed by atoms with van der Waals surface area (Å²) >= 11 is 0.819. The van der Waals surface area contributed by atoms with Crippen molar-refractivity contribution in [2.45, 2.75) is 57.7 Å². The average Bonchev–Trinajstić information content (AvgIpc) is 3.47. The van der Waals surface area contributed by atoms with E-state index in [0.717, 1.165) is 34.0 Å². The molecule has 10 nitrogen and oxygen atoms in total. The predicted octanol–water partition coefficient (Wildman–Crippen LogP) is 4.44. The first-order valence-electron chi connectivity index (χ1n) is 14.4. The van der Waals surface area contributed by atoms with Gasteiger partial charge in [0.15, 0.2) is 9.99 Å². The Morgan fingerprint density at radius 2 is 1.74 bits per heavy atom. The molecule has 11 heteroatoms. The molecule has 1 aliphatic heterocycles. The Morgan fingerprint density at radius 3 is 2.37 bits per heavy atom. The van der Waals surface area contributed by atoms with Crippen LogP contribution < -0.4 is 15.4 Å². The fourth-order valence-corrected chi connectivity index (χ4v) is 6.61. The predicted molar refractivity (Wildman–Crippen MR) is 166 cm³/mol. The third-order valence-corrected chi connectivity index (χ3v) is 8.38. The Hall–Kier alpha value is -4.12. The lowest BCUT2D eigenvalue weighted by molar-refractivity contribution is -0.130. The van der Waals surface area contributed by atoms with Crippen molar-refractivity contribution >= 4 is 51.4 Å². The Morgan fingerprint density at radius 1 is 1.05 bits per heavy atom. The zero-order valence-electron chi connectivity index (χ0n) is 25.0. The summed E-state index contributed by atoms with van der Waals surface area (Å²) in [4.78, 5) is 67.2.